The molecule has 2 heterocycles. The van der Waals surface area contributed by atoms with Crippen LogP contribution < -0.4 is 11.1 Å². The minimum Gasteiger partial charge on any atom is -0.398 e. The van der Waals surface area contributed by atoms with Crippen LogP contribution in [0.1, 0.15) is 32.1 Å². The van der Waals surface area contributed by atoms with E-state index in [1.165, 1.54) is 27.4 Å². The second kappa shape index (κ2) is 19.3. The summed E-state index contributed by atoms with van der Waals surface area (Å²) in [6.45, 7) is 3.14. The average molecular weight is 863 g/mol. The molecule has 14 heteroatoms. The molecule has 0 saturated carbocycles. The molecule has 6 aromatic rings. The summed E-state index contributed by atoms with van der Waals surface area (Å²) in [5, 5.41) is 9.59. The Morgan fingerprint density at radius 2 is 1.10 bits per heavy atom. The lowest BCUT2D eigenvalue weighted by Crippen LogP contribution is -2.15. The first-order valence-electron chi connectivity index (χ1n) is 15.0. The third-order valence-electron chi connectivity index (χ3n) is 7.17. The number of para-hydroxylation sites is 2. The molecular weight excluding hydrogens is 829 g/mol. The third-order valence-corrected chi connectivity index (χ3v) is 8.42. The van der Waals surface area contributed by atoms with E-state index in [0.29, 0.717) is 17.1 Å². The van der Waals surface area contributed by atoms with Crippen LogP contribution in [-0.4, -0.2) is 37.1 Å². The van der Waals surface area contributed by atoms with Crippen LogP contribution in [-0.2, 0) is 14.1 Å². The van der Waals surface area contributed by atoms with Crippen LogP contribution in [0.4, 0.5) is 20.2 Å². The van der Waals surface area contributed by atoms with Crippen LogP contribution >= 0.6 is 55.1 Å². The lowest BCUT2D eigenvalue weighted by atomic mass is 10.0. The number of anilines is 2. The second-order valence-electron chi connectivity index (χ2n) is 10.6. The molecule has 0 radical (unpaired) electrons. The van der Waals surface area contributed by atoms with Crippen molar-refractivity contribution in [3.8, 4) is 22.3 Å². The molecule has 266 valence electrons. The lowest BCUT2D eigenvalue weighted by molar-refractivity contribution is 0.102. The molecular formula is C37H34Br2Cl2F2N6O2. The maximum absolute atomic E-state index is 14.1. The zero-order chi connectivity index (χ0) is 37.8. The SMILES string of the molecule is CCl.Cc1nn(C)c(F)c1C(=O)Cl.Cc1nn(C)c(F)c1C(=O)Nc1ccccc1-c1ccc(Br)cc1.Nc1ccccc1-c1ccc(Br)cc1. The Hall–Kier alpha value is -4.36. The Labute approximate surface area is 321 Å². The van der Waals surface area contributed by atoms with Gasteiger partial charge in [0.25, 0.3) is 11.1 Å². The minimum atomic E-state index is -0.812. The van der Waals surface area contributed by atoms with Crippen molar-refractivity contribution in [2.45, 2.75) is 13.8 Å². The Morgan fingerprint density at radius 1 is 0.686 bits per heavy atom. The van der Waals surface area contributed by atoms with Crippen molar-refractivity contribution >= 4 is 77.6 Å². The fraction of sp³-hybridized carbons (Fsp3) is 0.135. The van der Waals surface area contributed by atoms with Crippen molar-refractivity contribution in [2.24, 2.45) is 14.1 Å². The van der Waals surface area contributed by atoms with Gasteiger partial charge in [0.2, 0.25) is 11.9 Å². The molecule has 51 heavy (non-hydrogen) atoms. The van der Waals surface area contributed by atoms with Crippen LogP contribution in [0.25, 0.3) is 22.3 Å². The van der Waals surface area contributed by atoms with Crippen LogP contribution in [0.5, 0.6) is 0 Å². The fourth-order valence-corrected chi connectivity index (χ4v) is 5.53. The molecule has 0 aliphatic carbocycles. The summed E-state index contributed by atoms with van der Waals surface area (Å²) in [7, 11) is 2.88. The number of alkyl halides is 1. The normalized spacial score (nSPS) is 10.1. The predicted molar refractivity (Wildman–Crippen MR) is 209 cm³/mol. The Kier molecular flexibility index (Phi) is 15.5. The Morgan fingerprint density at radius 3 is 1.51 bits per heavy atom. The number of aryl methyl sites for hydroxylation is 4. The van der Waals surface area contributed by atoms with Gasteiger partial charge in [-0.2, -0.15) is 19.0 Å². The van der Waals surface area contributed by atoms with E-state index in [1.807, 2.05) is 78.9 Å². The molecule has 0 atom stereocenters. The molecule has 4 aromatic carbocycles. The zero-order valence-corrected chi connectivity index (χ0v) is 32.9. The van der Waals surface area contributed by atoms with Gasteiger partial charge in [-0.15, -0.1) is 11.6 Å². The molecule has 2 aromatic heterocycles. The topological polar surface area (TPSA) is 108 Å². The van der Waals surface area contributed by atoms with E-state index in [2.05, 4.69) is 71.1 Å². The molecule has 0 saturated heterocycles. The molecule has 0 unspecified atom stereocenters. The summed E-state index contributed by atoms with van der Waals surface area (Å²) in [5.74, 6) is -1.85. The van der Waals surface area contributed by atoms with Gasteiger partial charge < -0.3 is 11.1 Å². The van der Waals surface area contributed by atoms with Gasteiger partial charge >= 0.3 is 0 Å². The van der Waals surface area contributed by atoms with E-state index < -0.39 is 23.0 Å². The highest BCUT2D eigenvalue weighted by atomic mass is 79.9. The van der Waals surface area contributed by atoms with E-state index in [9.17, 15) is 18.4 Å². The summed E-state index contributed by atoms with van der Waals surface area (Å²) in [4.78, 5) is 23.1. The van der Waals surface area contributed by atoms with E-state index in [-0.39, 0.29) is 11.1 Å². The monoisotopic (exact) mass is 860 g/mol. The number of hydrogen-bond donors (Lipinski definition) is 2. The summed E-state index contributed by atoms with van der Waals surface area (Å²) in [6.07, 6.45) is 1.47. The molecule has 0 aliphatic heterocycles. The molecule has 0 aliphatic rings. The number of aromatic nitrogens is 4. The molecule has 0 fully saturated rings. The molecule has 1 amide bonds. The highest BCUT2D eigenvalue weighted by molar-refractivity contribution is 9.10. The smallest absolute Gasteiger partial charge is 0.262 e. The quantitative estimate of drug-likeness (QED) is 0.102. The number of nitrogens with one attached hydrogen (secondary N) is 1. The largest absolute Gasteiger partial charge is 0.398 e. The number of amides is 1. The number of rotatable bonds is 5. The second-order valence-corrected chi connectivity index (χ2v) is 12.8. The van der Waals surface area contributed by atoms with Gasteiger partial charge in [-0.25, -0.2) is 9.36 Å². The van der Waals surface area contributed by atoms with Crippen molar-refractivity contribution in [1.29, 1.82) is 0 Å². The number of nitrogen functional groups attached to an aromatic ring is 1. The maximum Gasteiger partial charge on any atom is 0.262 e. The predicted octanol–water partition coefficient (Wildman–Crippen LogP) is 10.3. The molecule has 8 nitrogen and oxygen atoms in total. The van der Waals surface area contributed by atoms with Crippen LogP contribution in [0, 0.1) is 25.7 Å². The molecule has 6 rings (SSSR count). The molecule has 3 N–H and O–H groups in total. The average Bonchev–Trinajstić information content (AvgIpc) is 3.53. The van der Waals surface area contributed by atoms with E-state index in [1.54, 1.807) is 13.0 Å². The van der Waals surface area contributed by atoms with E-state index >= 15 is 0 Å². The van der Waals surface area contributed by atoms with E-state index in [4.69, 9.17) is 17.3 Å². The summed E-state index contributed by atoms with van der Waals surface area (Å²) in [5.41, 5.74) is 11.8. The van der Waals surface area contributed by atoms with Crippen LogP contribution in [0.15, 0.2) is 106 Å². The van der Waals surface area contributed by atoms with Gasteiger partial charge in [0.1, 0.15) is 11.1 Å². The Bertz CT molecular complexity index is 2100. The van der Waals surface area contributed by atoms with Gasteiger partial charge in [-0.05, 0) is 73.0 Å². The first-order chi connectivity index (χ1) is 24.3. The van der Waals surface area contributed by atoms with Crippen molar-refractivity contribution in [3.05, 3.63) is 140 Å². The van der Waals surface area contributed by atoms with Crippen molar-refractivity contribution < 1.29 is 18.4 Å². The number of nitrogens with two attached hydrogens (primary N) is 1. The molecule has 0 spiro atoms. The number of carbonyl (C=O) groups is 2. The number of benzene rings is 4. The number of nitrogens with zero attached hydrogens (tertiary/aromatic N) is 4. The summed E-state index contributed by atoms with van der Waals surface area (Å²) < 4.78 is 31.0. The minimum absolute atomic E-state index is 0.0388. The first kappa shape index (κ1) is 41.1. The molecule has 0 bridgehead atoms. The van der Waals surface area contributed by atoms with Crippen LogP contribution in [0.2, 0.25) is 0 Å². The first-order valence-corrected chi connectivity index (χ1v) is 17.7. The zero-order valence-electron chi connectivity index (χ0n) is 28.2. The van der Waals surface area contributed by atoms with Crippen LogP contribution in [0.3, 0.4) is 0 Å². The van der Waals surface area contributed by atoms with Crippen molar-refractivity contribution in [3.63, 3.8) is 0 Å². The third kappa shape index (κ3) is 10.8. The lowest BCUT2D eigenvalue weighted by Gasteiger charge is -2.11. The number of halogens is 6. The van der Waals surface area contributed by atoms with Crippen molar-refractivity contribution in [1.82, 2.24) is 19.6 Å². The van der Waals surface area contributed by atoms with Gasteiger partial charge in [0.15, 0.2) is 0 Å². The van der Waals surface area contributed by atoms with Crippen molar-refractivity contribution in [2.75, 3.05) is 17.4 Å². The van der Waals surface area contributed by atoms with Gasteiger partial charge in [-0.3, -0.25) is 9.59 Å². The summed E-state index contributed by atoms with van der Waals surface area (Å²) in [6, 6.07) is 31.2. The van der Waals surface area contributed by atoms with Gasteiger partial charge in [0.05, 0.1) is 11.4 Å². The fourth-order valence-electron chi connectivity index (χ4n) is 4.79. The number of hydrogen-bond acceptors (Lipinski definition) is 5. The summed E-state index contributed by atoms with van der Waals surface area (Å²) >= 11 is 16.5. The highest BCUT2D eigenvalue weighted by Crippen LogP contribution is 2.30. The highest BCUT2D eigenvalue weighted by Gasteiger charge is 2.21. The van der Waals surface area contributed by atoms with Gasteiger partial charge in [0, 0.05) is 51.9 Å². The van der Waals surface area contributed by atoms with Gasteiger partial charge in [-0.1, -0.05) is 92.5 Å². The number of carbonyl (C=O) groups excluding carboxylic acids is 2. The Balaban J connectivity index is 0.000000220. The van der Waals surface area contributed by atoms with E-state index in [0.717, 1.165) is 46.3 Å². The standard InChI is InChI=1S/C18H15BrFN3O.C12H10BrN.C6H6ClFN2O.CH3Cl/c1-11-16(17(20)23(2)22-11)18(24)21-15-6-4-3-5-14(15)12-7-9-13(19)10-8-12;13-10-7-5-9(6-8-10)11-3-1-2-4-12(11)14;1-3-4(5(7)11)6(8)10(2)9-3;1-2/h3-10H,1-2H3,(H,21,24);1-8H,14H2;1-2H3;1H3. The maximum atomic E-state index is 14.1.